The number of pyridine rings is 1. The summed E-state index contributed by atoms with van der Waals surface area (Å²) in [7, 11) is 0. The number of amides is 1. The molecule has 0 radical (unpaired) electrons. The molecule has 0 aromatic carbocycles. The first-order valence-corrected chi connectivity index (χ1v) is 7.84. The number of nitrogens with one attached hydrogen (secondary N) is 1. The molecule has 1 amide bonds. The van der Waals surface area contributed by atoms with Crippen LogP contribution in [0.2, 0.25) is 0 Å². The maximum absolute atomic E-state index is 12.2. The van der Waals surface area contributed by atoms with Crippen molar-refractivity contribution in [3.63, 3.8) is 0 Å². The van der Waals surface area contributed by atoms with Crippen LogP contribution in [0.1, 0.15) is 43.0 Å². The van der Waals surface area contributed by atoms with Crippen LogP contribution in [0.15, 0.2) is 22.9 Å². The van der Waals surface area contributed by atoms with Gasteiger partial charge in [0.2, 0.25) is 0 Å². The second-order valence-corrected chi connectivity index (χ2v) is 6.91. The molecule has 0 saturated heterocycles. The van der Waals surface area contributed by atoms with E-state index in [1.165, 1.54) is 25.7 Å². The Morgan fingerprint density at radius 3 is 2.89 bits per heavy atom. The van der Waals surface area contributed by atoms with Gasteiger partial charge >= 0.3 is 0 Å². The van der Waals surface area contributed by atoms with Gasteiger partial charge in [0.1, 0.15) is 0 Å². The molecule has 102 valence electrons. The lowest BCUT2D eigenvalue weighted by molar-refractivity contribution is 0.0915. The van der Waals surface area contributed by atoms with Gasteiger partial charge in [-0.05, 0) is 65.9 Å². The van der Waals surface area contributed by atoms with Gasteiger partial charge < -0.3 is 5.32 Å². The molecule has 0 unspecified atom stereocenters. The first kappa shape index (κ1) is 13.1. The Morgan fingerprint density at radius 2 is 2.26 bits per heavy atom. The molecule has 2 aliphatic carbocycles. The van der Waals surface area contributed by atoms with Gasteiger partial charge in [0.15, 0.2) is 0 Å². The van der Waals surface area contributed by atoms with Crippen LogP contribution >= 0.6 is 15.9 Å². The highest BCUT2D eigenvalue weighted by molar-refractivity contribution is 9.10. The van der Waals surface area contributed by atoms with E-state index in [2.05, 4.69) is 33.2 Å². The zero-order chi connectivity index (χ0) is 13.4. The van der Waals surface area contributed by atoms with Crippen molar-refractivity contribution in [3.8, 4) is 0 Å². The Kier molecular flexibility index (Phi) is 3.61. The third kappa shape index (κ3) is 2.69. The number of hydrogen-bond donors (Lipinski definition) is 1. The van der Waals surface area contributed by atoms with Gasteiger partial charge in [-0.1, -0.05) is 6.42 Å². The monoisotopic (exact) mass is 322 g/mol. The highest BCUT2D eigenvalue weighted by Crippen LogP contribution is 2.49. The lowest BCUT2D eigenvalue weighted by atomic mass is 9.84. The number of nitrogens with zero attached hydrogens (tertiary/aromatic N) is 1. The van der Waals surface area contributed by atoms with E-state index in [1.807, 2.05) is 6.07 Å². The van der Waals surface area contributed by atoms with E-state index in [1.54, 1.807) is 12.4 Å². The standard InChI is InChI=1S/C15H19BrN2O/c1-9(14-5-10-2-3-11(14)4-10)18-15(19)12-6-13(16)8-17-7-12/h6-11,14H,2-5H2,1H3,(H,18,19)/t9-,10-,11+,14+/m1/s1. The summed E-state index contributed by atoms with van der Waals surface area (Å²) in [5.41, 5.74) is 0.629. The van der Waals surface area contributed by atoms with Crippen LogP contribution in [-0.4, -0.2) is 16.9 Å². The third-order valence-electron chi connectivity index (χ3n) is 4.76. The highest BCUT2D eigenvalue weighted by atomic mass is 79.9. The molecule has 1 aromatic rings. The van der Waals surface area contributed by atoms with Crippen molar-refractivity contribution in [2.24, 2.45) is 17.8 Å². The predicted octanol–water partition coefficient (Wildman–Crippen LogP) is 3.40. The molecule has 4 heteroatoms. The average molecular weight is 323 g/mol. The maximum atomic E-state index is 12.2. The van der Waals surface area contributed by atoms with Crippen LogP contribution in [0.3, 0.4) is 0 Å². The van der Waals surface area contributed by atoms with E-state index >= 15 is 0 Å². The topological polar surface area (TPSA) is 42.0 Å². The highest BCUT2D eigenvalue weighted by Gasteiger charge is 2.42. The fourth-order valence-electron chi connectivity index (χ4n) is 3.84. The van der Waals surface area contributed by atoms with E-state index in [9.17, 15) is 4.79 Å². The molecular weight excluding hydrogens is 304 g/mol. The van der Waals surface area contributed by atoms with Gasteiger partial charge in [0, 0.05) is 22.9 Å². The number of rotatable bonds is 3. The van der Waals surface area contributed by atoms with Crippen molar-refractivity contribution in [3.05, 3.63) is 28.5 Å². The normalized spacial score (nSPS) is 30.3. The summed E-state index contributed by atoms with van der Waals surface area (Å²) >= 11 is 3.35. The molecule has 2 aliphatic rings. The smallest absolute Gasteiger partial charge is 0.253 e. The molecule has 0 aliphatic heterocycles. The largest absolute Gasteiger partial charge is 0.349 e. The molecule has 0 spiro atoms. The number of hydrogen-bond acceptors (Lipinski definition) is 2. The zero-order valence-electron chi connectivity index (χ0n) is 11.1. The molecule has 3 nitrogen and oxygen atoms in total. The van der Waals surface area contributed by atoms with Gasteiger partial charge in [-0.15, -0.1) is 0 Å². The molecule has 19 heavy (non-hydrogen) atoms. The van der Waals surface area contributed by atoms with Gasteiger partial charge in [-0.2, -0.15) is 0 Å². The summed E-state index contributed by atoms with van der Waals surface area (Å²) in [6.07, 6.45) is 8.74. The molecule has 4 atom stereocenters. The fraction of sp³-hybridized carbons (Fsp3) is 0.600. The van der Waals surface area contributed by atoms with Crippen LogP contribution in [-0.2, 0) is 0 Å². The van der Waals surface area contributed by atoms with Gasteiger partial charge in [-0.3, -0.25) is 9.78 Å². The van der Waals surface area contributed by atoms with E-state index in [0.29, 0.717) is 11.5 Å². The Morgan fingerprint density at radius 1 is 1.42 bits per heavy atom. The average Bonchev–Trinajstić information content (AvgIpc) is 3.00. The number of carbonyl (C=O) groups excluding carboxylic acids is 1. The summed E-state index contributed by atoms with van der Waals surface area (Å²) < 4.78 is 0.840. The van der Waals surface area contributed by atoms with Crippen molar-refractivity contribution in [1.29, 1.82) is 0 Å². The van der Waals surface area contributed by atoms with Crippen LogP contribution in [0, 0.1) is 17.8 Å². The number of halogens is 1. The summed E-state index contributed by atoms with van der Waals surface area (Å²) in [6, 6.07) is 2.08. The fourth-order valence-corrected chi connectivity index (χ4v) is 4.20. The summed E-state index contributed by atoms with van der Waals surface area (Å²) in [4.78, 5) is 16.2. The van der Waals surface area contributed by atoms with Crippen molar-refractivity contribution in [2.75, 3.05) is 0 Å². The first-order valence-electron chi connectivity index (χ1n) is 7.05. The molecule has 2 saturated carbocycles. The van der Waals surface area contributed by atoms with Crippen molar-refractivity contribution < 1.29 is 4.79 Å². The minimum absolute atomic E-state index is 0.0101. The maximum Gasteiger partial charge on any atom is 0.253 e. The molecule has 2 bridgehead atoms. The lowest BCUT2D eigenvalue weighted by Crippen LogP contribution is -2.40. The predicted molar refractivity (Wildman–Crippen MR) is 77.8 cm³/mol. The summed E-state index contributed by atoms with van der Waals surface area (Å²) in [6.45, 7) is 2.15. The van der Waals surface area contributed by atoms with Gasteiger partial charge in [0.05, 0.1) is 5.56 Å². The molecule has 1 aromatic heterocycles. The van der Waals surface area contributed by atoms with Crippen LogP contribution in [0.25, 0.3) is 0 Å². The van der Waals surface area contributed by atoms with Crippen LogP contribution < -0.4 is 5.32 Å². The third-order valence-corrected chi connectivity index (χ3v) is 5.19. The van der Waals surface area contributed by atoms with Gasteiger partial charge in [-0.25, -0.2) is 0 Å². The SMILES string of the molecule is C[C@@H](NC(=O)c1cncc(Br)c1)[C@@H]1C[C@@H]2CC[C@H]1C2. The van der Waals surface area contributed by atoms with E-state index in [0.717, 1.165) is 16.3 Å². The van der Waals surface area contributed by atoms with E-state index in [-0.39, 0.29) is 11.9 Å². The van der Waals surface area contributed by atoms with E-state index in [4.69, 9.17) is 0 Å². The summed E-state index contributed by atoms with van der Waals surface area (Å²) in [5.74, 6) is 2.41. The number of aromatic nitrogens is 1. The van der Waals surface area contributed by atoms with Crippen molar-refractivity contribution in [2.45, 2.75) is 38.6 Å². The Bertz CT molecular complexity index is 491. The second-order valence-electron chi connectivity index (χ2n) is 5.99. The van der Waals surface area contributed by atoms with Crippen molar-refractivity contribution in [1.82, 2.24) is 10.3 Å². The molecule has 3 rings (SSSR count). The quantitative estimate of drug-likeness (QED) is 0.926. The van der Waals surface area contributed by atoms with Crippen LogP contribution in [0.4, 0.5) is 0 Å². The minimum Gasteiger partial charge on any atom is -0.349 e. The Hall–Kier alpha value is -0.900. The molecular formula is C15H19BrN2O. The van der Waals surface area contributed by atoms with Crippen molar-refractivity contribution >= 4 is 21.8 Å². The number of fused-ring (bicyclic) bond motifs is 2. The summed E-state index contributed by atoms with van der Waals surface area (Å²) in [5, 5.41) is 3.15. The first-order chi connectivity index (χ1) is 9.13. The lowest BCUT2D eigenvalue weighted by Gasteiger charge is -2.28. The number of carbonyl (C=O) groups is 1. The zero-order valence-corrected chi connectivity index (χ0v) is 12.7. The Labute approximate surface area is 122 Å². The van der Waals surface area contributed by atoms with E-state index < -0.39 is 0 Å². The Balaban J connectivity index is 1.63. The van der Waals surface area contributed by atoms with Crippen LogP contribution in [0.5, 0.6) is 0 Å². The molecule has 1 heterocycles. The second kappa shape index (κ2) is 5.23. The molecule has 1 N–H and O–H groups in total. The van der Waals surface area contributed by atoms with Gasteiger partial charge in [0.25, 0.3) is 5.91 Å². The minimum atomic E-state index is -0.0101. The molecule has 2 fully saturated rings.